The monoisotopic (exact) mass is 388 g/mol. The molecule has 0 atom stereocenters. The Hall–Kier alpha value is -0.690. The van der Waals surface area contributed by atoms with E-state index in [1.165, 1.54) is 44.9 Å². The highest BCUT2D eigenvalue weighted by molar-refractivity contribution is 5.75. The Morgan fingerprint density at radius 2 is 1.41 bits per heavy atom. The van der Waals surface area contributed by atoms with Crippen molar-refractivity contribution in [2.24, 2.45) is 0 Å². The first-order chi connectivity index (χ1) is 13.2. The van der Waals surface area contributed by atoms with Gasteiger partial charge in [-0.2, -0.15) is 0 Å². The summed E-state index contributed by atoms with van der Waals surface area (Å²) in [7, 11) is 0. The molecule has 0 aromatic carbocycles. The first kappa shape index (κ1) is 26.3. The van der Waals surface area contributed by atoms with Gasteiger partial charge in [0, 0.05) is 39.2 Å². The van der Waals surface area contributed by atoms with E-state index in [4.69, 9.17) is 14.9 Å². The van der Waals surface area contributed by atoms with Crippen molar-refractivity contribution in [2.75, 3.05) is 52.6 Å². The van der Waals surface area contributed by atoms with Crippen LogP contribution in [0.3, 0.4) is 0 Å². The number of amides is 1. The summed E-state index contributed by atoms with van der Waals surface area (Å²) in [6, 6.07) is 0. The molecule has 0 aromatic rings. The Morgan fingerprint density at radius 1 is 0.815 bits per heavy atom. The lowest BCUT2D eigenvalue weighted by Gasteiger charge is -2.19. The maximum absolute atomic E-state index is 11.8. The standard InChI is InChI=1S/C21H44N2O4/c1-2-3-4-5-6-7-8-9-10-12-21(26)22-13-11-19-27-20-16-23(14-17-24)15-18-25/h24-25H,2-20H2,1H3,(H,22,26). The van der Waals surface area contributed by atoms with E-state index in [2.05, 4.69) is 12.2 Å². The number of hydrogen-bond donors (Lipinski definition) is 3. The molecule has 1 amide bonds. The van der Waals surface area contributed by atoms with Crippen LogP contribution in [-0.2, 0) is 9.53 Å². The first-order valence-corrected chi connectivity index (χ1v) is 11.0. The van der Waals surface area contributed by atoms with Crippen molar-refractivity contribution >= 4 is 5.91 Å². The maximum atomic E-state index is 11.8. The fourth-order valence-electron chi connectivity index (χ4n) is 3.00. The maximum Gasteiger partial charge on any atom is 0.219 e. The number of carbonyl (C=O) groups excluding carboxylic acids is 1. The molecule has 6 heteroatoms. The molecule has 0 fully saturated rings. The molecule has 0 unspecified atom stereocenters. The average molecular weight is 389 g/mol. The number of carbonyl (C=O) groups is 1. The lowest BCUT2D eigenvalue weighted by atomic mass is 10.1. The minimum Gasteiger partial charge on any atom is -0.395 e. The number of unbranched alkanes of at least 4 members (excludes halogenated alkanes) is 8. The Kier molecular flexibility index (Phi) is 21.1. The van der Waals surface area contributed by atoms with Gasteiger partial charge in [0.05, 0.1) is 19.8 Å². The van der Waals surface area contributed by atoms with Crippen molar-refractivity contribution < 1.29 is 19.7 Å². The molecule has 0 saturated heterocycles. The van der Waals surface area contributed by atoms with Crippen LogP contribution in [0, 0.1) is 0 Å². The number of nitrogens with one attached hydrogen (secondary N) is 1. The largest absolute Gasteiger partial charge is 0.395 e. The van der Waals surface area contributed by atoms with Crippen LogP contribution < -0.4 is 5.32 Å². The summed E-state index contributed by atoms with van der Waals surface area (Å²) in [5.74, 6) is 0.148. The molecule has 0 radical (unpaired) electrons. The minimum absolute atomic E-state index is 0.0883. The third-order valence-electron chi connectivity index (χ3n) is 4.68. The highest BCUT2D eigenvalue weighted by atomic mass is 16.5. The van der Waals surface area contributed by atoms with E-state index in [1.807, 2.05) is 4.90 Å². The molecule has 0 heterocycles. The minimum atomic E-state index is 0.0883. The van der Waals surface area contributed by atoms with Crippen molar-refractivity contribution in [3.63, 3.8) is 0 Å². The predicted molar refractivity (Wildman–Crippen MR) is 111 cm³/mol. The number of aliphatic hydroxyl groups is 2. The van der Waals surface area contributed by atoms with Crippen molar-refractivity contribution in [2.45, 2.75) is 77.6 Å². The molecule has 0 aromatic heterocycles. The predicted octanol–water partition coefficient (Wildman–Crippen LogP) is 2.72. The van der Waals surface area contributed by atoms with Crippen LogP contribution in [0.1, 0.15) is 77.6 Å². The molecule has 0 aliphatic carbocycles. The quantitative estimate of drug-likeness (QED) is 0.263. The van der Waals surface area contributed by atoms with E-state index in [1.54, 1.807) is 0 Å². The van der Waals surface area contributed by atoms with Crippen molar-refractivity contribution in [1.82, 2.24) is 10.2 Å². The van der Waals surface area contributed by atoms with E-state index in [-0.39, 0.29) is 19.1 Å². The Balaban J connectivity index is 3.32. The normalized spacial score (nSPS) is 11.3. The summed E-state index contributed by atoms with van der Waals surface area (Å²) in [6.45, 7) is 6.08. The molecule has 3 N–H and O–H groups in total. The van der Waals surface area contributed by atoms with Gasteiger partial charge in [0.25, 0.3) is 0 Å². The van der Waals surface area contributed by atoms with Crippen LogP contribution in [0.5, 0.6) is 0 Å². The van der Waals surface area contributed by atoms with Gasteiger partial charge in [0.15, 0.2) is 0 Å². The van der Waals surface area contributed by atoms with Crippen LogP contribution in [0.15, 0.2) is 0 Å². The van der Waals surface area contributed by atoms with Gasteiger partial charge in [-0.3, -0.25) is 9.69 Å². The third-order valence-corrected chi connectivity index (χ3v) is 4.68. The topological polar surface area (TPSA) is 82.0 Å². The lowest BCUT2D eigenvalue weighted by Crippen LogP contribution is -2.33. The summed E-state index contributed by atoms with van der Waals surface area (Å²) in [5.41, 5.74) is 0. The first-order valence-electron chi connectivity index (χ1n) is 11.0. The highest BCUT2D eigenvalue weighted by Gasteiger charge is 2.03. The van der Waals surface area contributed by atoms with Gasteiger partial charge in [-0.1, -0.05) is 58.3 Å². The van der Waals surface area contributed by atoms with Gasteiger partial charge in [-0.15, -0.1) is 0 Å². The average Bonchev–Trinajstić information content (AvgIpc) is 2.66. The molecule has 0 aliphatic heterocycles. The second-order valence-electron chi connectivity index (χ2n) is 7.18. The summed E-state index contributed by atoms with van der Waals surface area (Å²) in [4.78, 5) is 13.7. The van der Waals surface area contributed by atoms with Gasteiger partial charge in [-0.05, 0) is 12.8 Å². The van der Waals surface area contributed by atoms with Gasteiger partial charge in [0.2, 0.25) is 5.91 Å². The van der Waals surface area contributed by atoms with E-state index in [0.717, 1.165) is 19.3 Å². The lowest BCUT2D eigenvalue weighted by molar-refractivity contribution is -0.121. The van der Waals surface area contributed by atoms with Gasteiger partial charge in [0.1, 0.15) is 0 Å². The molecular formula is C21H44N2O4. The summed E-state index contributed by atoms with van der Waals surface area (Å²) in [6.07, 6.45) is 12.9. The van der Waals surface area contributed by atoms with Crippen LogP contribution in [0.2, 0.25) is 0 Å². The zero-order valence-corrected chi connectivity index (χ0v) is 17.6. The summed E-state index contributed by atoms with van der Waals surface area (Å²) >= 11 is 0. The molecule has 0 aliphatic rings. The zero-order valence-electron chi connectivity index (χ0n) is 17.6. The molecule has 0 bridgehead atoms. The number of nitrogens with zero attached hydrogens (tertiary/aromatic N) is 1. The smallest absolute Gasteiger partial charge is 0.219 e. The van der Waals surface area contributed by atoms with Crippen molar-refractivity contribution in [3.8, 4) is 0 Å². The van der Waals surface area contributed by atoms with Crippen molar-refractivity contribution in [1.29, 1.82) is 0 Å². The second kappa shape index (κ2) is 21.6. The molecule has 0 spiro atoms. The zero-order chi connectivity index (χ0) is 20.0. The van der Waals surface area contributed by atoms with E-state index in [0.29, 0.717) is 45.8 Å². The summed E-state index contributed by atoms with van der Waals surface area (Å²) < 4.78 is 5.54. The molecule has 0 rings (SSSR count). The van der Waals surface area contributed by atoms with Crippen LogP contribution >= 0.6 is 0 Å². The number of ether oxygens (including phenoxy) is 1. The Bertz CT molecular complexity index is 311. The van der Waals surface area contributed by atoms with Crippen LogP contribution in [0.4, 0.5) is 0 Å². The molecule has 162 valence electrons. The second-order valence-corrected chi connectivity index (χ2v) is 7.18. The SMILES string of the molecule is CCCCCCCCCCCC(=O)NCCCOCCN(CCO)CCO. The van der Waals surface area contributed by atoms with Gasteiger partial charge >= 0.3 is 0 Å². The highest BCUT2D eigenvalue weighted by Crippen LogP contribution is 2.10. The Morgan fingerprint density at radius 3 is 2.00 bits per heavy atom. The fourth-order valence-corrected chi connectivity index (χ4v) is 3.00. The van der Waals surface area contributed by atoms with Gasteiger partial charge < -0.3 is 20.3 Å². The number of rotatable bonds is 21. The molecule has 6 nitrogen and oxygen atoms in total. The van der Waals surface area contributed by atoms with E-state index >= 15 is 0 Å². The fraction of sp³-hybridized carbons (Fsp3) is 0.952. The molecule has 27 heavy (non-hydrogen) atoms. The van der Waals surface area contributed by atoms with Crippen LogP contribution in [0.25, 0.3) is 0 Å². The van der Waals surface area contributed by atoms with Gasteiger partial charge in [-0.25, -0.2) is 0 Å². The van der Waals surface area contributed by atoms with E-state index < -0.39 is 0 Å². The number of aliphatic hydroxyl groups excluding tert-OH is 2. The Labute approximate surface area is 166 Å². The number of hydrogen-bond acceptors (Lipinski definition) is 5. The molecule has 0 saturated carbocycles. The van der Waals surface area contributed by atoms with Crippen LogP contribution in [-0.4, -0.2) is 73.6 Å². The van der Waals surface area contributed by atoms with E-state index in [9.17, 15) is 4.79 Å². The third kappa shape index (κ3) is 19.9. The van der Waals surface area contributed by atoms with Crippen molar-refractivity contribution in [3.05, 3.63) is 0 Å². The summed E-state index contributed by atoms with van der Waals surface area (Å²) in [5, 5.41) is 20.8. The molecular weight excluding hydrogens is 344 g/mol.